The summed E-state index contributed by atoms with van der Waals surface area (Å²) in [5, 5.41) is 4.22. The lowest BCUT2D eigenvalue weighted by molar-refractivity contribution is 0.0997. The van der Waals surface area contributed by atoms with Crippen LogP contribution in [0.5, 0.6) is 0 Å². The molecule has 0 fully saturated rings. The molecule has 1 aromatic heterocycles. The molecule has 0 saturated carbocycles. The standard InChI is InChI=1S/C18H12Cl3NO2/c1-10-2-4-12(9-14(10)20)22-18(23)17-7-6-16(24-17)11-3-5-13(19)15(21)8-11/h2-9H,1H3,(H,22,23). The molecule has 6 heteroatoms. The van der Waals surface area contributed by atoms with E-state index >= 15 is 0 Å². The monoisotopic (exact) mass is 379 g/mol. The highest BCUT2D eigenvalue weighted by atomic mass is 35.5. The van der Waals surface area contributed by atoms with Crippen molar-refractivity contribution in [3.63, 3.8) is 0 Å². The number of hydrogen-bond acceptors (Lipinski definition) is 2. The Morgan fingerprint density at radius 1 is 0.917 bits per heavy atom. The minimum absolute atomic E-state index is 0.188. The van der Waals surface area contributed by atoms with Crippen molar-refractivity contribution < 1.29 is 9.21 Å². The number of carbonyl (C=O) groups is 1. The zero-order valence-corrected chi connectivity index (χ0v) is 14.8. The van der Waals surface area contributed by atoms with Gasteiger partial charge in [-0.3, -0.25) is 4.79 Å². The molecule has 3 rings (SSSR count). The van der Waals surface area contributed by atoms with Gasteiger partial charge in [-0.05, 0) is 55.0 Å². The van der Waals surface area contributed by atoms with Crippen molar-refractivity contribution in [2.45, 2.75) is 6.92 Å². The van der Waals surface area contributed by atoms with Crippen LogP contribution in [-0.2, 0) is 0 Å². The summed E-state index contributed by atoms with van der Waals surface area (Å²) in [7, 11) is 0. The highest BCUT2D eigenvalue weighted by Gasteiger charge is 2.13. The Morgan fingerprint density at radius 2 is 1.71 bits per heavy atom. The summed E-state index contributed by atoms with van der Waals surface area (Å²) in [6.07, 6.45) is 0. The van der Waals surface area contributed by atoms with Crippen LogP contribution < -0.4 is 5.32 Å². The fourth-order valence-corrected chi connectivity index (χ4v) is 2.61. The maximum absolute atomic E-state index is 12.3. The molecule has 0 saturated heterocycles. The Labute approximate surface area is 154 Å². The number of hydrogen-bond donors (Lipinski definition) is 1. The van der Waals surface area contributed by atoms with E-state index in [2.05, 4.69) is 5.32 Å². The first-order chi connectivity index (χ1) is 11.4. The maximum atomic E-state index is 12.3. The van der Waals surface area contributed by atoms with E-state index in [0.29, 0.717) is 26.5 Å². The summed E-state index contributed by atoms with van der Waals surface area (Å²) < 4.78 is 5.61. The summed E-state index contributed by atoms with van der Waals surface area (Å²) in [5.41, 5.74) is 2.28. The number of aryl methyl sites for hydroxylation is 1. The largest absolute Gasteiger partial charge is 0.451 e. The van der Waals surface area contributed by atoms with Crippen LogP contribution in [0.3, 0.4) is 0 Å². The minimum atomic E-state index is -0.360. The van der Waals surface area contributed by atoms with Crippen molar-refractivity contribution in [1.82, 2.24) is 0 Å². The molecule has 122 valence electrons. The molecule has 0 aliphatic carbocycles. The smallest absolute Gasteiger partial charge is 0.291 e. The van der Waals surface area contributed by atoms with Crippen LogP contribution in [0.25, 0.3) is 11.3 Å². The van der Waals surface area contributed by atoms with Gasteiger partial charge >= 0.3 is 0 Å². The molecule has 0 bridgehead atoms. The van der Waals surface area contributed by atoms with Gasteiger partial charge in [0.25, 0.3) is 5.91 Å². The Kier molecular flexibility index (Phi) is 4.86. The van der Waals surface area contributed by atoms with Crippen LogP contribution in [0.2, 0.25) is 15.1 Å². The van der Waals surface area contributed by atoms with Crippen molar-refractivity contribution in [1.29, 1.82) is 0 Å². The molecule has 0 atom stereocenters. The molecular formula is C18H12Cl3NO2. The van der Waals surface area contributed by atoms with Gasteiger partial charge in [-0.25, -0.2) is 0 Å². The van der Waals surface area contributed by atoms with Gasteiger partial charge in [0, 0.05) is 16.3 Å². The van der Waals surface area contributed by atoms with Gasteiger partial charge < -0.3 is 9.73 Å². The molecule has 0 radical (unpaired) electrons. The van der Waals surface area contributed by atoms with Gasteiger partial charge in [0.1, 0.15) is 5.76 Å². The van der Waals surface area contributed by atoms with E-state index in [4.69, 9.17) is 39.2 Å². The second kappa shape index (κ2) is 6.89. The quantitative estimate of drug-likeness (QED) is 0.566. The molecular weight excluding hydrogens is 369 g/mol. The number of nitrogens with one attached hydrogen (secondary N) is 1. The Morgan fingerprint density at radius 3 is 2.42 bits per heavy atom. The maximum Gasteiger partial charge on any atom is 0.291 e. The number of carbonyl (C=O) groups excluding carboxylic acids is 1. The van der Waals surface area contributed by atoms with Crippen molar-refractivity contribution in [3.8, 4) is 11.3 Å². The van der Waals surface area contributed by atoms with Gasteiger partial charge in [-0.1, -0.05) is 40.9 Å². The van der Waals surface area contributed by atoms with Crippen LogP contribution in [0.15, 0.2) is 52.9 Å². The van der Waals surface area contributed by atoms with Crippen LogP contribution in [0.1, 0.15) is 16.1 Å². The van der Waals surface area contributed by atoms with Gasteiger partial charge in [0.2, 0.25) is 0 Å². The van der Waals surface area contributed by atoms with E-state index in [1.807, 2.05) is 13.0 Å². The second-order valence-corrected chi connectivity index (χ2v) is 6.43. The van der Waals surface area contributed by atoms with E-state index in [-0.39, 0.29) is 11.7 Å². The lowest BCUT2D eigenvalue weighted by atomic mass is 10.2. The Hall–Kier alpha value is -1.94. The predicted octanol–water partition coefficient (Wildman–Crippen LogP) is 6.47. The highest BCUT2D eigenvalue weighted by Crippen LogP contribution is 2.30. The lowest BCUT2D eigenvalue weighted by Gasteiger charge is -2.05. The minimum Gasteiger partial charge on any atom is -0.451 e. The molecule has 0 spiro atoms. The number of anilines is 1. The zero-order chi connectivity index (χ0) is 17.3. The van der Waals surface area contributed by atoms with Crippen molar-refractivity contribution in [3.05, 3.63) is 74.9 Å². The number of rotatable bonds is 3. The fourth-order valence-electron chi connectivity index (χ4n) is 2.13. The SMILES string of the molecule is Cc1ccc(NC(=O)c2ccc(-c3ccc(Cl)c(Cl)c3)o2)cc1Cl. The summed E-state index contributed by atoms with van der Waals surface area (Å²) >= 11 is 18.0. The third-order valence-corrected chi connectivity index (χ3v) is 4.61. The third-order valence-electron chi connectivity index (χ3n) is 3.46. The number of furan rings is 1. The van der Waals surface area contributed by atoms with Crippen LogP contribution in [0, 0.1) is 6.92 Å². The van der Waals surface area contributed by atoms with Gasteiger partial charge in [-0.15, -0.1) is 0 Å². The van der Waals surface area contributed by atoms with E-state index < -0.39 is 0 Å². The van der Waals surface area contributed by atoms with Gasteiger partial charge in [0.15, 0.2) is 5.76 Å². The third kappa shape index (κ3) is 3.59. The Balaban J connectivity index is 1.80. The average molecular weight is 381 g/mol. The van der Waals surface area contributed by atoms with Crippen molar-refractivity contribution in [2.75, 3.05) is 5.32 Å². The molecule has 0 unspecified atom stereocenters. The first-order valence-electron chi connectivity index (χ1n) is 7.07. The first kappa shape index (κ1) is 16.9. The van der Waals surface area contributed by atoms with Gasteiger partial charge in [-0.2, -0.15) is 0 Å². The van der Waals surface area contributed by atoms with Crippen molar-refractivity contribution >= 4 is 46.4 Å². The topological polar surface area (TPSA) is 42.2 Å². The average Bonchev–Trinajstić information content (AvgIpc) is 3.04. The van der Waals surface area contributed by atoms with Gasteiger partial charge in [0.05, 0.1) is 10.0 Å². The fraction of sp³-hybridized carbons (Fsp3) is 0.0556. The number of amides is 1. The second-order valence-electron chi connectivity index (χ2n) is 5.21. The molecule has 3 nitrogen and oxygen atoms in total. The summed E-state index contributed by atoms with van der Waals surface area (Å²) in [6.45, 7) is 1.89. The van der Waals surface area contributed by atoms with Crippen LogP contribution >= 0.6 is 34.8 Å². The van der Waals surface area contributed by atoms with E-state index in [9.17, 15) is 4.79 Å². The Bertz CT molecular complexity index is 918. The van der Waals surface area contributed by atoms with Crippen LogP contribution in [0.4, 0.5) is 5.69 Å². The molecule has 1 heterocycles. The molecule has 3 aromatic rings. The molecule has 1 N–H and O–H groups in total. The van der Waals surface area contributed by atoms with Crippen molar-refractivity contribution in [2.24, 2.45) is 0 Å². The number of benzene rings is 2. The van der Waals surface area contributed by atoms with Crippen LogP contribution in [-0.4, -0.2) is 5.91 Å². The zero-order valence-electron chi connectivity index (χ0n) is 12.6. The molecule has 0 aliphatic rings. The number of halogens is 3. The molecule has 0 aliphatic heterocycles. The van der Waals surface area contributed by atoms with E-state index in [0.717, 1.165) is 11.1 Å². The summed E-state index contributed by atoms with van der Waals surface area (Å²) in [4.78, 5) is 12.3. The first-order valence-corrected chi connectivity index (χ1v) is 8.20. The van der Waals surface area contributed by atoms with E-state index in [1.54, 1.807) is 42.5 Å². The normalized spacial score (nSPS) is 10.7. The highest BCUT2D eigenvalue weighted by molar-refractivity contribution is 6.42. The molecule has 1 amide bonds. The summed E-state index contributed by atoms with van der Waals surface area (Å²) in [5.74, 6) is 0.356. The van der Waals surface area contributed by atoms with E-state index in [1.165, 1.54) is 0 Å². The lowest BCUT2D eigenvalue weighted by Crippen LogP contribution is -2.10. The predicted molar refractivity (Wildman–Crippen MR) is 98.3 cm³/mol. The summed E-state index contributed by atoms with van der Waals surface area (Å²) in [6, 6.07) is 13.7. The molecule has 2 aromatic carbocycles. The molecule has 24 heavy (non-hydrogen) atoms.